The van der Waals surface area contributed by atoms with E-state index in [0.717, 1.165) is 0 Å². The van der Waals surface area contributed by atoms with Gasteiger partial charge in [0.25, 0.3) is 5.89 Å². The van der Waals surface area contributed by atoms with Crippen molar-refractivity contribution in [3.63, 3.8) is 0 Å². The summed E-state index contributed by atoms with van der Waals surface area (Å²) in [5, 5.41) is 8.35. The summed E-state index contributed by atoms with van der Waals surface area (Å²) >= 11 is 5.76. The van der Waals surface area contributed by atoms with E-state index in [9.17, 15) is 0 Å². The minimum Gasteiger partial charge on any atom is -0.484 e. The standard InChI is InChI=1S/C11H12ClN3O2/c12-8-1-3-9(4-2-8)16-7-11-15-14-10(17-11)5-6-13/h1-4H,5-7,13H2. The topological polar surface area (TPSA) is 74.2 Å². The number of ether oxygens (including phenoxy) is 1. The molecule has 5 nitrogen and oxygen atoms in total. The maximum Gasteiger partial charge on any atom is 0.253 e. The monoisotopic (exact) mass is 253 g/mol. The van der Waals surface area contributed by atoms with Crippen LogP contribution in [0.1, 0.15) is 11.8 Å². The first-order valence-corrected chi connectivity index (χ1v) is 5.55. The van der Waals surface area contributed by atoms with Gasteiger partial charge in [-0.05, 0) is 24.3 Å². The predicted octanol–water partition coefficient (Wildman–Crippen LogP) is 1.80. The van der Waals surface area contributed by atoms with Crippen molar-refractivity contribution in [1.29, 1.82) is 0 Å². The van der Waals surface area contributed by atoms with E-state index >= 15 is 0 Å². The molecule has 0 aliphatic heterocycles. The summed E-state index contributed by atoms with van der Waals surface area (Å²) in [7, 11) is 0. The lowest BCUT2D eigenvalue weighted by Crippen LogP contribution is -2.02. The maximum absolute atomic E-state index is 5.76. The Hall–Kier alpha value is -1.59. The second-order valence-electron chi connectivity index (χ2n) is 3.37. The molecule has 0 atom stereocenters. The fourth-order valence-electron chi connectivity index (χ4n) is 1.25. The van der Waals surface area contributed by atoms with Crippen LogP contribution >= 0.6 is 11.6 Å². The van der Waals surface area contributed by atoms with Crippen molar-refractivity contribution in [1.82, 2.24) is 10.2 Å². The number of hydrogen-bond acceptors (Lipinski definition) is 5. The largest absolute Gasteiger partial charge is 0.484 e. The van der Waals surface area contributed by atoms with Gasteiger partial charge in [-0.1, -0.05) is 11.6 Å². The van der Waals surface area contributed by atoms with E-state index in [-0.39, 0.29) is 6.61 Å². The molecule has 0 saturated carbocycles. The van der Waals surface area contributed by atoms with Gasteiger partial charge in [0.1, 0.15) is 5.75 Å². The van der Waals surface area contributed by atoms with Gasteiger partial charge in [-0.15, -0.1) is 10.2 Å². The number of benzene rings is 1. The van der Waals surface area contributed by atoms with Crippen molar-refractivity contribution in [2.75, 3.05) is 6.54 Å². The van der Waals surface area contributed by atoms with Crippen LogP contribution in [0.4, 0.5) is 0 Å². The number of hydrogen-bond donors (Lipinski definition) is 1. The normalized spacial score (nSPS) is 10.5. The van der Waals surface area contributed by atoms with Gasteiger partial charge in [-0.3, -0.25) is 0 Å². The molecule has 17 heavy (non-hydrogen) atoms. The lowest BCUT2D eigenvalue weighted by atomic mass is 10.3. The molecule has 2 rings (SSSR count). The lowest BCUT2D eigenvalue weighted by molar-refractivity contribution is 0.259. The average Bonchev–Trinajstić information content (AvgIpc) is 2.77. The van der Waals surface area contributed by atoms with Gasteiger partial charge in [0, 0.05) is 18.0 Å². The Balaban J connectivity index is 1.90. The highest BCUT2D eigenvalue weighted by Gasteiger charge is 2.05. The summed E-state index contributed by atoms with van der Waals surface area (Å²) in [5.41, 5.74) is 5.38. The molecule has 0 unspecified atom stereocenters. The molecule has 1 aromatic carbocycles. The van der Waals surface area contributed by atoms with Crippen LogP contribution in [0, 0.1) is 0 Å². The van der Waals surface area contributed by atoms with Gasteiger partial charge in [-0.25, -0.2) is 0 Å². The Morgan fingerprint density at radius 1 is 1.18 bits per heavy atom. The van der Waals surface area contributed by atoms with Crippen molar-refractivity contribution in [3.05, 3.63) is 41.1 Å². The fraction of sp³-hybridized carbons (Fsp3) is 0.273. The molecule has 1 heterocycles. The predicted molar refractivity (Wildman–Crippen MR) is 62.8 cm³/mol. The summed E-state index contributed by atoms with van der Waals surface area (Å²) in [6, 6.07) is 7.06. The van der Waals surface area contributed by atoms with Crippen LogP contribution in [0.5, 0.6) is 5.75 Å². The van der Waals surface area contributed by atoms with E-state index in [1.54, 1.807) is 24.3 Å². The van der Waals surface area contributed by atoms with Crippen LogP contribution in [0.2, 0.25) is 5.02 Å². The lowest BCUT2D eigenvalue weighted by Gasteiger charge is -2.02. The Bertz CT molecular complexity index is 470. The fourth-order valence-corrected chi connectivity index (χ4v) is 1.37. The molecule has 0 aliphatic rings. The van der Waals surface area contributed by atoms with E-state index in [2.05, 4.69) is 10.2 Å². The first-order chi connectivity index (χ1) is 8.28. The molecule has 2 aromatic rings. The molecular weight excluding hydrogens is 242 g/mol. The van der Waals surface area contributed by atoms with Gasteiger partial charge in [0.05, 0.1) is 0 Å². The van der Waals surface area contributed by atoms with Crippen molar-refractivity contribution in [3.8, 4) is 5.75 Å². The summed E-state index contributed by atoms with van der Waals surface area (Å²) in [6.07, 6.45) is 0.577. The molecule has 2 N–H and O–H groups in total. The summed E-state index contributed by atoms with van der Waals surface area (Å²) in [5.74, 6) is 1.67. The van der Waals surface area contributed by atoms with Crippen LogP contribution in [-0.2, 0) is 13.0 Å². The van der Waals surface area contributed by atoms with Gasteiger partial charge in [0.15, 0.2) is 6.61 Å². The number of nitrogens with zero attached hydrogens (tertiary/aromatic N) is 2. The molecule has 1 aromatic heterocycles. The third-order valence-corrected chi connectivity index (χ3v) is 2.29. The first-order valence-electron chi connectivity index (χ1n) is 5.17. The summed E-state index contributed by atoms with van der Waals surface area (Å²) in [6.45, 7) is 0.721. The maximum atomic E-state index is 5.76. The zero-order valence-corrected chi connectivity index (χ0v) is 9.85. The number of halogens is 1. The molecule has 0 aliphatic carbocycles. The van der Waals surface area contributed by atoms with Crippen LogP contribution in [-0.4, -0.2) is 16.7 Å². The highest BCUT2D eigenvalue weighted by molar-refractivity contribution is 6.30. The first kappa shape index (κ1) is 11.9. The van der Waals surface area contributed by atoms with Crippen LogP contribution < -0.4 is 10.5 Å². The second kappa shape index (κ2) is 5.65. The molecule has 0 fully saturated rings. The quantitative estimate of drug-likeness (QED) is 0.880. The van der Waals surface area contributed by atoms with E-state index in [1.807, 2.05) is 0 Å². The molecule has 0 bridgehead atoms. The van der Waals surface area contributed by atoms with Crippen LogP contribution in [0.3, 0.4) is 0 Å². The molecule has 0 amide bonds. The average molecular weight is 254 g/mol. The Morgan fingerprint density at radius 3 is 2.59 bits per heavy atom. The minimum absolute atomic E-state index is 0.235. The molecule has 90 valence electrons. The zero-order chi connectivity index (χ0) is 12.1. The van der Waals surface area contributed by atoms with E-state index in [0.29, 0.717) is 35.5 Å². The molecule has 0 radical (unpaired) electrons. The van der Waals surface area contributed by atoms with Crippen molar-refractivity contribution >= 4 is 11.6 Å². The molecular formula is C11H12ClN3O2. The van der Waals surface area contributed by atoms with Crippen molar-refractivity contribution in [2.24, 2.45) is 5.73 Å². The van der Waals surface area contributed by atoms with Gasteiger partial charge in [-0.2, -0.15) is 0 Å². The molecule has 0 saturated heterocycles. The Kier molecular flexibility index (Phi) is 3.95. The van der Waals surface area contributed by atoms with Gasteiger partial charge < -0.3 is 14.9 Å². The SMILES string of the molecule is NCCc1nnc(COc2ccc(Cl)cc2)o1. The smallest absolute Gasteiger partial charge is 0.253 e. The van der Waals surface area contributed by atoms with Gasteiger partial charge >= 0.3 is 0 Å². The van der Waals surface area contributed by atoms with Crippen molar-refractivity contribution < 1.29 is 9.15 Å². The van der Waals surface area contributed by atoms with E-state index in [4.69, 9.17) is 26.5 Å². The third-order valence-electron chi connectivity index (χ3n) is 2.04. The molecule has 0 spiro atoms. The number of aromatic nitrogens is 2. The minimum atomic E-state index is 0.235. The van der Waals surface area contributed by atoms with E-state index in [1.165, 1.54) is 0 Å². The van der Waals surface area contributed by atoms with Gasteiger partial charge in [0.2, 0.25) is 5.89 Å². The highest BCUT2D eigenvalue weighted by atomic mass is 35.5. The summed E-state index contributed by atoms with van der Waals surface area (Å²) in [4.78, 5) is 0. The van der Waals surface area contributed by atoms with Crippen LogP contribution in [0.15, 0.2) is 28.7 Å². The Labute approximate surface area is 104 Å². The van der Waals surface area contributed by atoms with Crippen molar-refractivity contribution in [2.45, 2.75) is 13.0 Å². The number of nitrogens with two attached hydrogens (primary N) is 1. The Morgan fingerprint density at radius 2 is 1.88 bits per heavy atom. The highest BCUT2D eigenvalue weighted by Crippen LogP contribution is 2.16. The van der Waals surface area contributed by atoms with Crippen LogP contribution in [0.25, 0.3) is 0 Å². The van der Waals surface area contributed by atoms with E-state index < -0.39 is 0 Å². The summed E-state index contributed by atoms with van der Waals surface area (Å²) < 4.78 is 10.8. The second-order valence-corrected chi connectivity index (χ2v) is 3.81. The number of rotatable bonds is 5. The molecule has 6 heteroatoms. The zero-order valence-electron chi connectivity index (χ0n) is 9.10. The third kappa shape index (κ3) is 3.44.